The predicted molar refractivity (Wildman–Crippen MR) is 111 cm³/mol. The van der Waals surface area contributed by atoms with Crippen LogP contribution >= 0.6 is 22.7 Å². The van der Waals surface area contributed by atoms with E-state index in [0.29, 0.717) is 6.54 Å². The second-order valence-electron chi connectivity index (χ2n) is 6.80. The van der Waals surface area contributed by atoms with E-state index < -0.39 is 0 Å². The molecule has 0 aliphatic carbocycles. The van der Waals surface area contributed by atoms with Crippen molar-refractivity contribution in [3.05, 3.63) is 40.8 Å². The molecule has 26 heavy (non-hydrogen) atoms. The van der Waals surface area contributed by atoms with E-state index in [9.17, 15) is 4.79 Å². The number of fused-ring (bicyclic) bond motifs is 2. The molecule has 1 aliphatic heterocycles. The maximum atomic E-state index is 12.5. The Bertz CT molecular complexity index is 915. The maximum Gasteiger partial charge on any atom is 0.261 e. The van der Waals surface area contributed by atoms with Crippen LogP contribution in [0.4, 0.5) is 10.8 Å². The summed E-state index contributed by atoms with van der Waals surface area (Å²) in [5.74, 6) is -0.00839. The number of rotatable bonds is 5. The second kappa shape index (κ2) is 6.89. The van der Waals surface area contributed by atoms with E-state index in [1.807, 2.05) is 25.1 Å². The molecule has 1 aliphatic rings. The second-order valence-corrected chi connectivity index (χ2v) is 8.84. The Morgan fingerprint density at radius 2 is 2.15 bits per heavy atom. The third-order valence-electron chi connectivity index (χ3n) is 4.70. The first kappa shape index (κ1) is 17.3. The fourth-order valence-corrected chi connectivity index (χ4v) is 5.34. The number of benzene rings is 1. The molecule has 0 saturated heterocycles. The first-order valence-corrected chi connectivity index (χ1v) is 10.4. The van der Waals surface area contributed by atoms with Crippen molar-refractivity contribution in [1.82, 2.24) is 10.3 Å². The van der Waals surface area contributed by atoms with Gasteiger partial charge in [-0.2, -0.15) is 0 Å². The third-order valence-corrected chi connectivity index (χ3v) is 7.02. The molecule has 5 nitrogen and oxygen atoms in total. The molecule has 1 unspecified atom stereocenters. The Labute approximate surface area is 161 Å². The number of thiophene rings is 1. The molecular weight excluding hydrogens is 364 g/mol. The van der Waals surface area contributed by atoms with Gasteiger partial charge in [0.15, 0.2) is 5.13 Å². The summed E-state index contributed by atoms with van der Waals surface area (Å²) in [6.07, 6.45) is 1.08. The molecule has 2 aromatic heterocycles. The molecule has 4 rings (SSSR count). The summed E-state index contributed by atoms with van der Waals surface area (Å²) in [5.41, 5.74) is 2.69. The van der Waals surface area contributed by atoms with Crippen LogP contribution in [0.1, 0.15) is 22.2 Å². The number of carbonyl (C=O) groups excluding carboxylic acids is 1. The van der Waals surface area contributed by atoms with Gasteiger partial charge in [-0.3, -0.25) is 4.79 Å². The Morgan fingerprint density at radius 3 is 2.92 bits per heavy atom. The van der Waals surface area contributed by atoms with Crippen LogP contribution in [0.2, 0.25) is 0 Å². The average Bonchev–Trinajstić information content (AvgIpc) is 3.31. The van der Waals surface area contributed by atoms with E-state index in [4.69, 9.17) is 0 Å². The first-order valence-electron chi connectivity index (χ1n) is 8.73. The molecule has 1 amide bonds. The highest BCUT2D eigenvalue weighted by Gasteiger charge is 2.23. The number of para-hydroxylation sites is 1. The van der Waals surface area contributed by atoms with Gasteiger partial charge in [-0.25, -0.2) is 4.98 Å². The van der Waals surface area contributed by atoms with Crippen molar-refractivity contribution < 1.29 is 4.79 Å². The number of carbonyl (C=O) groups is 1. The van der Waals surface area contributed by atoms with Crippen LogP contribution in [0.5, 0.6) is 0 Å². The number of thiazole rings is 1. The van der Waals surface area contributed by atoms with Gasteiger partial charge in [0.2, 0.25) is 0 Å². The van der Waals surface area contributed by atoms with Crippen LogP contribution in [0, 0.1) is 0 Å². The van der Waals surface area contributed by atoms with E-state index in [1.165, 1.54) is 22.6 Å². The van der Waals surface area contributed by atoms with Crippen LogP contribution in [-0.4, -0.2) is 44.1 Å². The van der Waals surface area contributed by atoms with Crippen molar-refractivity contribution in [3.63, 3.8) is 0 Å². The molecule has 3 aromatic rings. The summed E-state index contributed by atoms with van der Waals surface area (Å²) in [6, 6.07) is 10.7. The van der Waals surface area contributed by atoms with Crippen LogP contribution in [0.15, 0.2) is 30.3 Å². The number of hydrogen-bond donors (Lipinski definition) is 1. The SMILES string of the molecule is CC(CNC(=O)c1cc2sc(N(C)C)nc2s1)N1CCc2ccccc21. The Morgan fingerprint density at radius 1 is 1.35 bits per heavy atom. The van der Waals surface area contributed by atoms with Gasteiger partial charge >= 0.3 is 0 Å². The molecule has 0 fully saturated rings. The zero-order chi connectivity index (χ0) is 18.3. The van der Waals surface area contributed by atoms with Gasteiger partial charge in [0, 0.05) is 38.9 Å². The summed E-state index contributed by atoms with van der Waals surface area (Å²) < 4.78 is 1.07. The van der Waals surface area contributed by atoms with E-state index in [0.717, 1.165) is 32.5 Å². The lowest BCUT2D eigenvalue weighted by molar-refractivity contribution is 0.0955. The highest BCUT2D eigenvalue weighted by atomic mass is 32.1. The Kier molecular flexibility index (Phi) is 4.58. The van der Waals surface area contributed by atoms with Gasteiger partial charge < -0.3 is 15.1 Å². The fraction of sp³-hybridized carbons (Fsp3) is 0.368. The molecule has 3 heterocycles. The molecule has 1 aromatic carbocycles. The van der Waals surface area contributed by atoms with Crippen molar-refractivity contribution >= 4 is 48.9 Å². The average molecular weight is 387 g/mol. The quantitative estimate of drug-likeness (QED) is 0.728. The van der Waals surface area contributed by atoms with Crippen molar-refractivity contribution in [1.29, 1.82) is 0 Å². The van der Waals surface area contributed by atoms with Gasteiger partial charge in [0.1, 0.15) is 4.83 Å². The van der Waals surface area contributed by atoms with Crippen molar-refractivity contribution in [2.75, 3.05) is 37.0 Å². The fourth-order valence-electron chi connectivity index (χ4n) is 3.29. The molecule has 0 radical (unpaired) electrons. The first-order chi connectivity index (χ1) is 12.5. The lowest BCUT2D eigenvalue weighted by atomic mass is 10.2. The molecule has 0 spiro atoms. The van der Waals surface area contributed by atoms with E-state index in [-0.39, 0.29) is 11.9 Å². The summed E-state index contributed by atoms with van der Waals surface area (Å²) in [5, 5.41) is 4.06. The van der Waals surface area contributed by atoms with Crippen molar-refractivity contribution in [3.8, 4) is 0 Å². The molecule has 0 saturated carbocycles. The van der Waals surface area contributed by atoms with Crippen LogP contribution in [0.3, 0.4) is 0 Å². The summed E-state index contributed by atoms with van der Waals surface area (Å²) in [7, 11) is 3.96. The standard InChI is InChI=1S/C19H22N4OS2/c1-12(23-9-8-13-6-4-5-7-14(13)23)11-20-17(24)15-10-16-18(25-15)21-19(26-16)22(2)3/h4-7,10,12H,8-9,11H2,1-3H3,(H,20,24). The molecule has 1 N–H and O–H groups in total. The topological polar surface area (TPSA) is 48.5 Å². The molecular formula is C19H22N4OS2. The molecule has 0 bridgehead atoms. The number of hydrogen-bond acceptors (Lipinski definition) is 6. The van der Waals surface area contributed by atoms with Gasteiger partial charge in [-0.15, -0.1) is 11.3 Å². The lowest BCUT2D eigenvalue weighted by Crippen LogP contribution is -2.41. The summed E-state index contributed by atoms with van der Waals surface area (Å²) in [6.45, 7) is 3.82. The zero-order valence-electron chi connectivity index (χ0n) is 15.2. The van der Waals surface area contributed by atoms with Crippen molar-refractivity contribution in [2.24, 2.45) is 0 Å². The molecule has 136 valence electrons. The minimum absolute atomic E-state index is 0.00839. The highest BCUT2D eigenvalue weighted by molar-refractivity contribution is 7.29. The molecule has 1 atom stereocenters. The summed E-state index contributed by atoms with van der Waals surface area (Å²) in [4.78, 5) is 23.2. The number of nitrogens with one attached hydrogen (secondary N) is 1. The molecule has 7 heteroatoms. The number of amides is 1. The van der Waals surface area contributed by atoms with Crippen molar-refractivity contribution in [2.45, 2.75) is 19.4 Å². The van der Waals surface area contributed by atoms with Gasteiger partial charge in [0.05, 0.1) is 9.58 Å². The van der Waals surface area contributed by atoms with Crippen LogP contribution < -0.4 is 15.1 Å². The Hall–Kier alpha value is -2.12. The number of anilines is 2. The van der Waals surface area contributed by atoms with Gasteiger partial charge in [-0.05, 0) is 31.0 Å². The normalized spacial score (nSPS) is 14.5. The van der Waals surface area contributed by atoms with Gasteiger partial charge in [-0.1, -0.05) is 29.5 Å². The van der Waals surface area contributed by atoms with E-state index >= 15 is 0 Å². The highest BCUT2D eigenvalue weighted by Crippen LogP contribution is 2.34. The monoisotopic (exact) mass is 386 g/mol. The number of aromatic nitrogens is 1. The maximum absolute atomic E-state index is 12.5. The van der Waals surface area contributed by atoms with Gasteiger partial charge in [0.25, 0.3) is 5.91 Å². The lowest BCUT2D eigenvalue weighted by Gasteiger charge is -2.27. The van der Waals surface area contributed by atoms with Crippen LogP contribution in [0.25, 0.3) is 9.53 Å². The Balaban J connectivity index is 1.40. The predicted octanol–water partition coefficient (Wildman–Crippen LogP) is 3.60. The minimum atomic E-state index is -0.00839. The van der Waals surface area contributed by atoms with E-state index in [2.05, 4.69) is 46.4 Å². The minimum Gasteiger partial charge on any atom is -0.366 e. The largest absolute Gasteiger partial charge is 0.366 e. The van der Waals surface area contributed by atoms with Crippen LogP contribution in [-0.2, 0) is 6.42 Å². The summed E-state index contributed by atoms with van der Waals surface area (Å²) >= 11 is 3.08. The number of nitrogens with zero attached hydrogens (tertiary/aromatic N) is 3. The zero-order valence-corrected chi connectivity index (χ0v) is 16.8. The van der Waals surface area contributed by atoms with E-state index in [1.54, 1.807) is 11.3 Å². The smallest absolute Gasteiger partial charge is 0.261 e. The third kappa shape index (κ3) is 3.17.